The van der Waals surface area contributed by atoms with Crippen molar-refractivity contribution in [3.63, 3.8) is 0 Å². The zero-order valence-electron chi connectivity index (χ0n) is 15.3. The van der Waals surface area contributed by atoms with Crippen molar-refractivity contribution >= 4 is 11.7 Å². The number of ether oxygens (including phenoxy) is 1. The molecule has 1 aromatic heterocycles. The van der Waals surface area contributed by atoms with Gasteiger partial charge in [-0.15, -0.1) is 0 Å². The summed E-state index contributed by atoms with van der Waals surface area (Å²) in [6.45, 7) is 6.26. The van der Waals surface area contributed by atoms with Crippen LogP contribution in [0.1, 0.15) is 32.2 Å². The fourth-order valence-electron chi connectivity index (χ4n) is 2.61. The van der Waals surface area contributed by atoms with E-state index in [-0.39, 0.29) is 11.2 Å². The second-order valence-corrected chi connectivity index (χ2v) is 6.89. The third-order valence-corrected chi connectivity index (χ3v) is 3.58. The minimum Gasteiger partial charge on any atom is -0.496 e. The molecule has 0 aliphatic rings. The molecule has 0 aliphatic heterocycles. The van der Waals surface area contributed by atoms with Crippen LogP contribution in [0.2, 0.25) is 0 Å². The van der Waals surface area contributed by atoms with Crippen LogP contribution in [-0.4, -0.2) is 23.1 Å². The summed E-state index contributed by atoms with van der Waals surface area (Å²) in [5.74, 6) is 5.84. The number of hydrazine groups is 1. The van der Waals surface area contributed by atoms with E-state index in [0.717, 1.165) is 5.56 Å². The summed E-state index contributed by atoms with van der Waals surface area (Å²) in [6.07, 6.45) is 2.16. The zero-order valence-corrected chi connectivity index (χ0v) is 15.3. The number of methoxy groups -OCH3 is 1. The first-order valence-electron chi connectivity index (χ1n) is 8.00. The highest BCUT2D eigenvalue weighted by atomic mass is 16.5. The first-order chi connectivity index (χ1) is 12.3. The van der Waals surface area contributed by atoms with Crippen LogP contribution < -0.4 is 21.3 Å². The summed E-state index contributed by atoms with van der Waals surface area (Å²) < 4.78 is 5.66. The van der Waals surface area contributed by atoms with Crippen molar-refractivity contribution in [1.82, 2.24) is 15.4 Å². The third kappa shape index (κ3) is 4.46. The van der Waals surface area contributed by atoms with Gasteiger partial charge in [-0.25, -0.2) is 20.6 Å². The molecule has 8 heteroatoms. The molecule has 2 aromatic rings. The Morgan fingerprint density at radius 2 is 2.08 bits per heavy atom. The van der Waals surface area contributed by atoms with Gasteiger partial charge in [-0.2, -0.15) is 5.26 Å². The van der Waals surface area contributed by atoms with Crippen LogP contribution in [0, 0.1) is 16.7 Å². The topological polar surface area (TPSA) is 126 Å². The molecule has 1 aromatic carbocycles. The summed E-state index contributed by atoms with van der Waals surface area (Å²) in [5.41, 5.74) is 4.68. The lowest BCUT2D eigenvalue weighted by atomic mass is 9.86. The molecule has 26 heavy (non-hydrogen) atoms. The van der Waals surface area contributed by atoms with E-state index >= 15 is 0 Å². The number of nitrogens with one attached hydrogen (secondary N) is 2. The average Bonchev–Trinajstić information content (AvgIpc) is 2.61. The van der Waals surface area contributed by atoms with Crippen molar-refractivity contribution in [3.05, 3.63) is 35.8 Å². The van der Waals surface area contributed by atoms with E-state index < -0.39 is 6.03 Å². The van der Waals surface area contributed by atoms with Gasteiger partial charge in [0.25, 0.3) is 0 Å². The summed E-state index contributed by atoms with van der Waals surface area (Å²) in [4.78, 5) is 19.8. The van der Waals surface area contributed by atoms with Gasteiger partial charge in [0.2, 0.25) is 5.82 Å². The number of nitrogens with two attached hydrogens (primary N) is 1. The molecule has 0 fully saturated rings. The minimum absolute atomic E-state index is 0.0645. The minimum atomic E-state index is -0.524. The van der Waals surface area contributed by atoms with Crippen LogP contribution in [0.5, 0.6) is 5.75 Å². The van der Waals surface area contributed by atoms with Gasteiger partial charge in [0.05, 0.1) is 12.8 Å². The van der Waals surface area contributed by atoms with Gasteiger partial charge in [0, 0.05) is 23.0 Å². The van der Waals surface area contributed by atoms with Gasteiger partial charge < -0.3 is 10.1 Å². The van der Waals surface area contributed by atoms with Crippen LogP contribution >= 0.6 is 0 Å². The smallest absolute Gasteiger partial charge is 0.333 e. The Hall–Kier alpha value is -3.18. The fourth-order valence-corrected chi connectivity index (χ4v) is 2.61. The number of amides is 2. The Balaban J connectivity index is 2.65. The number of carbonyl (C=O) groups is 1. The molecule has 0 radical (unpaired) electrons. The number of anilines is 1. The first-order valence-corrected chi connectivity index (χ1v) is 8.00. The number of nitriles is 1. The molecule has 2 rings (SSSR count). The number of nitrogens with zero attached hydrogens (tertiary/aromatic N) is 3. The van der Waals surface area contributed by atoms with Crippen molar-refractivity contribution in [1.29, 1.82) is 5.26 Å². The lowest BCUT2D eigenvalue weighted by Crippen LogP contribution is -2.34. The molecule has 0 spiro atoms. The second-order valence-electron chi connectivity index (χ2n) is 6.89. The van der Waals surface area contributed by atoms with Crippen LogP contribution in [0.15, 0.2) is 24.4 Å². The lowest BCUT2D eigenvalue weighted by molar-refractivity contribution is 0.252. The SMILES string of the molecule is COc1c(-c2ccnc(C#N)n2)ccc(NC(=O)NN)c1CC(C)(C)C. The molecular formula is C18H22N6O2. The van der Waals surface area contributed by atoms with Crippen LogP contribution in [0.3, 0.4) is 0 Å². The van der Waals surface area contributed by atoms with E-state index in [1.54, 1.807) is 25.3 Å². The number of benzene rings is 1. The molecule has 1 heterocycles. The summed E-state index contributed by atoms with van der Waals surface area (Å²) in [6, 6.07) is 6.66. The van der Waals surface area contributed by atoms with Crippen molar-refractivity contribution in [3.8, 4) is 23.1 Å². The molecule has 2 amide bonds. The Bertz CT molecular complexity index is 852. The van der Waals surface area contributed by atoms with E-state index in [9.17, 15) is 4.79 Å². The first kappa shape index (κ1) is 19.1. The highest BCUT2D eigenvalue weighted by molar-refractivity contribution is 5.91. The second kappa shape index (κ2) is 7.80. The highest BCUT2D eigenvalue weighted by Crippen LogP contribution is 2.39. The maximum Gasteiger partial charge on any atom is 0.333 e. The number of rotatable bonds is 4. The molecule has 0 saturated heterocycles. The highest BCUT2D eigenvalue weighted by Gasteiger charge is 2.22. The standard InChI is InChI=1S/C18H22N6O2/c1-18(2,3)9-12-13(23-17(25)24-20)6-5-11(16(12)26-4)14-7-8-21-15(10-19)22-14/h5-8H,9,20H2,1-4H3,(H2,23,24,25). The lowest BCUT2D eigenvalue weighted by Gasteiger charge is -2.24. The van der Waals surface area contributed by atoms with Crippen LogP contribution in [0.4, 0.5) is 10.5 Å². The summed E-state index contributed by atoms with van der Waals surface area (Å²) in [7, 11) is 1.56. The van der Waals surface area contributed by atoms with E-state index in [0.29, 0.717) is 29.1 Å². The van der Waals surface area contributed by atoms with Crippen molar-refractivity contribution < 1.29 is 9.53 Å². The Morgan fingerprint density at radius 3 is 2.65 bits per heavy atom. The van der Waals surface area contributed by atoms with E-state index in [2.05, 4.69) is 41.5 Å². The van der Waals surface area contributed by atoms with Crippen molar-refractivity contribution in [2.24, 2.45) is 11.3 Å². The maximum absolute atomic E-state index is 11.7. The van der Waals surface area contributed by atoms with Crippen molar-refractivity contribution in [2.75, 3.05) is 12.4 Å². The van der Waals surface area contributed by atoms with Gasteiger partial charge >= 0.3 is 6.03 Å². The van der Waals surface area contributed by atoms with E-state index in [1.807, 2.05) is 6.07 Å². The third-order valence-electron chi connectivity index (χ3n) is 3.58. The Labute approximate surface area is 152 Å². The Kier molecular flexibility index (Phi) is 5.75. The molecule has 8 nitrogen and oxygen atoms in total. The van der Waals surface area contributed by atoms with Gasteiger partial charge in [0.1, 0.15) is 11.8 Å². The predicted octanol–water partition coefficient (Wildman–Crippen LogP) is 2.61. The van der Waals surface area contributed by atoms with Gasteiger partial charge in [0.15, 0.2) is 0 Å². The van der Waals surface area contributed by atoms with Crippen LogP contribution in [-0.2, 0) is 6.42 Å². The number of hydrogen-bond donors (Lipinski definition) is 3. The fraction of sp³-hybridized carbons (Fsp3) is 0.333. The maximum atomic E-state index is 11.7. The molecule has 4 N–H and O–H groups in total. The molecular weight excluding hydrogens is 332 g/mol. The molecule has 136 valence electrons. The molecule has 0 aliphatic carbocycles. The van der Waals surface area contributed by atoms with Gasteiger partial charge in [-0.3, -0.25) is 5.43 Å². The molecule has 0 unspecified atom stereocenters. The van der Waals surface area contributed by atoms with Gasteiger partial charge in [-0.1, -0.05) is 20.8 Å². The van der Waals surface area contributed by atoms with Crippen LogP contribution in [0.25, 0.3) is 11.3 Å². The predicted molar refractivity (Wildman–Crippen MR) is 98.2 cm³/mol. The number of aromatic nitrogens is 2. The average molecular weight is 354 g/mol. The van der Waals surface area contributed by atoms with E-state index in [4.69, 9.17) is 15.8 Å². The van der Waals surface area contributed by atoms with Gasteiger partial charge in [-0.05, 0) is 30.0 Å². The Morgan fingerprint density at radius 1 is 1.35 bits per heavy atom. The quantitative estimate of drug-likeness (QED) is 0.440. The zero-order chi connectivity index (χ0) is 19.3. The normalized spacial score (nSPS) is 10.8. The summed E-state index contributed by atoms with van der Waals surface area (Å²) in [5, 5.41) is 11.8. The molecule has 0 saturated carbocycles. The number of carbonyl (C=O) groups excluding carboxylic acids is 1. The molecule has 0 atom stereocenters. The number of urea groups is 1. The molecule has 0 bridgehead atoms. The summed E-state index contributed by atoms with van der Waals surface area (Å²) >= 11 is 0. The van der Waals surface area contributed by atoms with Crippen molar-refractivity contribution in [2.45, 2.75) is 27.2 Å². The largest absolute Gasteiger partial charge is 0.496 e. The monoisotopic (exact) mass is 354 g/mol. The van der Waals surface area contributed by atoms with E-state index in [1.165, 1.54) is 6.20 Å². The number of hydrogen-bond acceptors (Lipinski definition) is 6.